The average molecular weight is 260 g/mol. The number of ether oxygens (including phenoxy) is 1. The summed E-state index contributed by atoms with van der Waals surface area (Å²) in [6.07, 6.45) is 1.87. The van der Waals surface area contributed by atoms with Crippen molar-refractivity contribution in [1.29, 1.82) is 0 Å². The van der Waals surface area contributed by atoms with E-state index < -0.39 is 0 Å². The van der Waals surface area contributed by atoms with Crippen molar-refractivity contribution in [3.05, 3.63) is 29.3 Å². The van der Waals surface area contributed by atoms with E-state index in [4.69, 9.17) is 4.74 Å². The molecule has 1 aromatic rings. The zero-order chi connectivity index (χ0) is 13.2. The van der Waals surface area contributed by atoms with Gasteiger partial charge in [0.05, 0.1) is 6.42 Å². The number of rotatable bonds is 3. The van der Waals surface area contributed by atoms with Crippen molar-refractivity contribution >= 4 is 17.5 Å². The van der Waals surface area contributed by atoms with Crippen LogP contribution in [0.15, 0.2) is 18.2 Å². The van der Waals surface area contributed by atoms with Gasteiger partial charge in [-0.3, -0.25) is 9.59 Å². The average Bonchev–Trinajstić information content (AvgIpc) is 3.03. The van der Waals surface area contributed by atoms with Gasteiger partial charge in [0, 0.05) is 18.8 Å². The van der Waals surface area contributed by atoms with Crippen LogP contribution < -0.4 is 10.6 Å². The Morgan fingerprint density at radius 1 is 1.47 bits per heavy atom. The quantitative estimate of drug-likeness (QED) is 0.851. The van der Waals surface area contributed by atoms with Crippen LogP contribution in [0.4, 0.5) is 5.69 Å². The third-order valence-electron chi connectivity index (χ3n) is 3.48. The zero-order valence-electron chi connectivity index (χ0n) is 10.6. The van der Waals surface area contributed by atoms with Gasteiger partial charge >= 0.3 is 0 Å². The number of nitrogens with one attached hydrogen (secondary N) is 2. The van der Waals surface area contributed by atoms with Crippen molar-refractivity contribution in [3.63, 3.8) is 0 Å². The Bertz CT molecular complexity index is 521. The number of hydrogen-bond acceptors (Lipinski definition) is 3. The lowest BCUT2D eigenvalue weighted by Gasteiger charge is -2.11. The molecule has 5 nitrogen and oxygen atoms in total. The Morgan fingerprint density at radius 2 is 2.37 bits per heavy atom. The summed E-state index contributed by atoms with van der Waals surface area (Å²) in [7, 11) is 0. The molecule has 0 radical (unpaired) electrons. The molecule has 2 aliphatic heterocycles. The van der Waals surface area contributed by atoms with Crippen LogP contribution in [0.1, 0.15) is 24.0 Å². The van der Waals surface area contributed by atoms with Gasteiger partial charge in [0.1, 0.15) is 6.10 Å². The molecule has 3 rings (SSSR count). The highest BCUT2D eigenvalue weighted by Crippen LogP contribution is 2.23. The maximum Gasteiger partial charge on any atom is 0.249 e. The van der Waals surface area contributed by atoms with Gasteiger partial charge in [-0.25, -0.2) is 0 Å². The minimum Gasteiger partial charge on any atom is -0.368 e. The molecule has 1 unspecified atom stereocenters. The van der Waals surface area contributed by atoms with Crippen LogP contribution in [0, 0.1) is 0 Å². The Morgan fingerprint density at radius 3 is 3.16 bits per heavy atom. The first-order chi connectivity index (χ1) is 9.22. The predicted octanol–water partition coefficient (Wildman–Crippen LogP) is 0.976. The summed E-state index contributed by atoms with van der Waals surface area (Å²) in [5.41, 5.74) is 2.87. The van der Waals surface area contributed by atoms with E-state index in [1.54, 1.807) is 0 Å². The molecule has 2 amide bonds. The van der Waals surface area contributed by atoms with Gasteiger partial charge in [0.2, 0.25) is 11.8 Å². The summed E-state index contributed by atoms with van der Waals surface area (Å²) in [6.45, 7) is 1.14. The Balaban J connectivity index is 1.60. The molecule has 19 heavy (non-hydrogen) atoms. The van der Waals surface area contributed by atoms with Gasteiger partial charge in [0.25, 0.3) is 0 Å². The lowest BCUT2D eigenvalue weighted by atomic mass is 10.1. The molecular weight excluding hydrogens is 244 g/mol. The summed E-state index contributed by atoms with van der Waals surface area (Å²) in [6, 6.07) is 5.76. The molecule has 0 bridgehead atoms. The maximum atomic E-state index is 11.8. The van der Waals surface area contributed by atoms with E-state index in [0.717, 1.165) is 29.7 Å². The SMILES string of the molecule is O=C1Cc2cc(CNC(=O)C3CCCO3)ccc2N1. The van der Waals surface area contributed by atoms with Gasteiger partial charge in [-0.15, -0.1) is 0 Å². The summed E-state index contributed by atoms with van der Waals surface area (Å²) >= 11 is 0. The molecule has 0 aromatic heterocycles. The monoisotopic (exact) mass is 260 g/mol. The molecule has 0 aliphatic carbocycles. The smallest absolute Gasteiger partial charge is 0.249 e. The molecule has 1 saturated heterocycles. The van der Waals surface area contributed by atoms with Gasteiger partial charge in [-0.05, 0) is 30.0 Å². The van der Waals surface area contributed by atoms with Crippen molar-refractivity contribution in [3.8, 4) is 0 Å². The number of amides is 2. The lowest BCUT2D eigenvalue weighted by Crippen LogP contribution is -2.33. The molecule has 2 aliphatic rings. The minimum absolute atomic E-state index is 0.0236. The Labute approximate surface area is 111 Å². The van der Waals surface area contributed by atoms with Gasteiger partial charge in [-0.1, -0.05) is 12.1 Å². The van der Waals surface area contributed by atoms with Gasteiger partial charge in [0.15, 0.2) is 0 Å². The van der Waals surface area contributed by atoms with Crippen molar-refractivity contribution < 1.29 is 14.3 Å². The lowest BCUT2D eigenvalue weighted by molar-refractivity contribution is -0.130. The van der Waals surface area contributed by atoms with Crippen LogP contribution >= 0.6 is 0 Å². The number of fused-ring (bicyclic) bond motifs is 1. The molecule has 1 atom stereocenters. The first kappa shape index (κ1) is 12.2. The Kier molecular flexibility index (Phi) is 3.21. The summed E-state index contributed by atoms with van der Waals surface area (Å²) in [5, 5.41) is 5.66. The Hall–Kier alpha value is -1.88. The second kappa shape index (κ2) is 5.01. The number of carbonyl (C=O) groups is 2. The fourth-order valence-electron chi connectivity index (χ4n) is 2.48. The second-order valence-corrected chi connectivity index (χ2v) is 4.94. The molecule has 1 aromatic carbocycles. The molecule has 2 heterocycles. The van der Waals surface area contributed by atoms with Crippen molar-refractivity contribution in [2.75, 3.05) is 11.9 Å². The normalized spacial score (nSPS) is 21.1. The fraction of sp³-hybridized carbons (Fsp3) is 0.429. The first-order valence-corrected chi connectivity index (χ1v) is 6.53. The van der Waals surface area contributed by atoms with E-state index in [-0.39, 0.29) is 17.9 Å². The number of carbonyl (C=O) groups excluding carboxylic acids is 2. The molecule has 100 valence electrons. The molecule has 0 saturated carbocycles. The largest absolute Gasteiger partial charge is 0.368 e. The third-order valence-corrected chi connectivity index (χ3v) is 3.48. The number of benzene rings is 1. The number of anilines is 1. The van der Waals surface area contributed by atoms with E-state index in [1.165, 1.54) is 0 Å². The van der Waals surface area contributed by atoms with Gasteiger partial charge in [-0.2, -0.15) is 0 Å². The van der Waals surface area contributed by atoms with E-state index in [9.17, 15) is 9.59 Å². The van der Waals surface area contributed by atoms with Crippen LogP contribution in [-0.4, -0.2) is 24.5 Å². The fourth-order valence-corrected chi connectivity index (χ4v) is 2.48. The van der Waals surface area contributed by atoms with Crippen LogP contribution in [0.25, 0.3) is 0 Å². The predicted molar refractivity (Wildman–Crippen MR) is 69.6 cm³/mol. The molecule has 0 spiro atoms. The first-order valence-electron chi connectivity index (χ1n) is 6.53. The molecular formula is C14H16N2O3. The van der Waals surface area contributed by atoms with Crippen molar-refractivity contribution in [2.24, 2.45) is 0 Å². The van der Waals surface area contributed by atoms with Gasteiger partial charge < -0.3 is 15.4 Å². The van der Waals surface area contributed by atoms with Crippen LogP contribution in [-0.2, 0) is 27.3 Å². The van der Waals surface area contributed by atoms with Crippen LogP contribution in [0.2, 0.25) is 0 Å². The topological polar surface area (TPSA) is 67.4 Å². The van der Waals surface area contributed by atoms with Crippen molar-refractivity contribution in [1.82, 2.24) is 5.32 Å². The molecule has 1 fully saturated rings. The highest BCUT2D eigenvalue weighted by atomic mass is 16.5. The summed E-state index contributed by atoms with van der Waals surface area (Å²) < 4.78 is 5.32. The zero-order valence-corrected chi connectivity index (χ0v) is 10.6. The summed E-state index contributed by atoms with van der Waals surface area (Å²) in [5.74, 6) is -0.0252. The van der Waals surface area contributed by atoms with E-state index in [2.05, 4.69) is 10.6 Å². The number of hydrogen-bond donors (Lipinski definition) is 2. The highest BCUT2D eigenvalue weighted by molar-refractivity contribution is 5.99. The standard InChI is InChI=1S/C14H16N2O3/c17-13-7-10-6-9(3-4-11(10)16-13)8-15-14(18)12-2-1-5-19-12/h3-4,6,12H,1-2,5,7-8H2,(H,15,18)(H,16,17). The maximum absolute atomic E-state index is 11.8. The van der Waals surface area contributed by atoms with E-state index in [0.29, 0.717) is 19.6 Å². The van der Waals surface area contributed by atoms with E-state index >= 15 is 0 Å². The summed E-state index contributed by atoms with van der Waals surface area (Å²) in [4.78, 5) is 23.1. The van der Waals surface area contributed by atoms with E-state index in [1.807, 2.05) is 18.2 Å². The minimum atomic E-state index is -0.294. The van der Waals surface area contributed by atoms with Crippen LogP contribution in [0.3, 0.4) is 0 Å². The third kappa shape index (κ3) is 2.61. The molecule has 5 heteroatoms. The highest BCUT2D eigenvalue weighted by Gasteiger charge is 2.23. The second-order valence-electron chi connectivity index (χ2n) is 4.94. The van der Waals surface area contributed by atoms with Crippen LogP contribution in [0.5, 0.6) is 0 Å². The van der Waals surface area contributed by atoms with Crippen molar-refractivity contribution in [2.45, 2.75) is 31.9 Å². The molecule has 2 N–H and O–H groups in total.